The van der Waals surface area contributed by atoms with Gasteiger partial charge in [-0.15, -0.1) is 0 Å². The molecule has 0 aromatic heterocycles. The summed E-state index contributed by atoms with van der Waals surface area (Å²) in [5, 5.41) is 6.08. The topological polar surface area (TPSA) is 91.5 Å². The molecule has 0 aromatic carbocycles. The van der Waals surface area contributed by atoms with Gasteiger partial charge in [0.15, 0.2) is 0 Å². The summed E-state index contributed by atoms with van der Waals surface area (Å²) in [6, 6.07) is 0.466. The second kappa shape index (κ2) is 8.74. The number of carbonyl (C=O) groups excluding carboxylic acids is 1. The molecule has 1 aliphatic carbocycles. The van der Waals surface area contributed by atoms with E-state index >= 15 is 0 Å². The van der Waals surface area contributed by atoms with Gasteiger partial charge >= 0.3 is 0 Å². The fourth-order valence-corrected chi connectivity index (χ4v) is 2.02. The van der Waals surface area contributed by atoms with Crippen molar-refractivity contribution in [2.24, 2.45) is 10.8 Å². The van der Waals surface area contributed by atoms with E-state index in [0.29, 0.717) is 25.0 Å². The number of nitrogens with two attached hydrogens (primary N) is 1. The highest BCUT2D eigenvalue weighted by atomic mass is 16.1. The lowest BCUT2D eigenvalue weighted by Crippen LogP contribution is -2.45. The summed E-state index contributed by atoms with van der Waals surface area (Å²) >= 11 is 0. The zero-order valence-electron chi connectivity index (χ0n) is 11.2. The van der Waals surface area contributed by atoms with E-state index in [4.69, 9.17) is 5.84 Å². The van der Waals surface area contributed by atoms with Crippen LogP contribution in [0.4, 0.5) is 0 Å². The minimum Gasteiger partial charge on any atom is -0.356 e. The molecule has 1 amide bonds. The van der Waals surface area contributed by atoms with Gasteiger partial charge in [-0.25, -0.2) is 5.84 Å². The molecule has 5 N–H and O–H groups in total. The van der Waals surface area contributed by atoms with Gasteiger partial charge in [0.1, 0.15) is 0 Å². The second-order valence-corrected chi connectivity index (χ2v) is 4.60. The maximum Gasteiger partial charge on any atom is 0.221 e. The van der Waals surface area contributed by atoms with Crippen molar-refractivity contribution < 1.29 is 4.79 Å². The molecule has 6 nitrogen and oxygen atoms in total. The van der Waals surface area contributed by atoms with E-state index in [2.05, 4.69) is 21.1 Å². The van der Waals surface area contributed by atoms with Crippen LogP contribution < -0.4 is 21.9 Å². The molecule has 104 valence electrons. The van der Waals surface area contributed by atoms with E-state index in [9.17, 15) is 4.79 Å². The van der Waals surface area contributed by atoms with E-state index in [1.807, 2.05) is 6.92 Å². The van der Waals surface area contributed by atoms with Crippen molar-refractivity contribution in [2.75, 3.05) is 13.1 Å². The highest BCUT2D eigenvalue weighted by molar-refractivity contribution is 5.80. The number of carbonyl (C=O) groups is 1. The van der Waals surface area contributed by atoms with Gasteiger partial charge in [0.25, 0.3) is 0 Å². The summed E-state index contributed by atoms with van der Waals surface area (Å²) in [4.78, 5) is 15.6. The first-order valence-corrected chi connectivity index (χ1v) is 6.80. The van der Waals surface area contributed by atoms with Crippen LogP contribution in [-0.2, 0) is 4.79 Å². The molecular formula is C12H25N5O. The van der Waals surface area contributed by atoms with Crippen LogP contribution in [0.5, 0.6) is 0 Å². The highest BCUT2D eigenvalue weighted by Gasteiger charge is 2.15. The first-order valence-electron chi connectivity index (χ1n) is 6.80. The van der Waals surface area contributed by atoms with Crippen molar-refractivity contribution in [2.45, 2.75) is 51.5 Å². The molecule has 6 heteroatoms. The molecule has 0 aliphatic heterocycles. The molecule has 0 saturated heterocycles. The normalized spacial score (nSPS) is 16.7. The Hall–Kier alpha value is -1.30. The average Bonchev–Trinajstić information content (AvgIpc) is 2.88. The molecule has 0 atom stereocenters. The van der Waals surface area contributed by atoms with Crippen molar-refractivity contribution in [1.82, 2.24) is 16.1 Å². The SMILES string of the molecule is CCCNC(=O)CCN=C(NN)NC1CCCC1. The van der Waals surface area contributed by atoms with Crippen molar-refractivity contribution in [3.63, 3.8) is 0 Å². The molecule has 0 aromatic rings. The van der Waals surface area contributed by atoms with E-state index in [-0.39, 0.29) is 5.91 Å². The molecular weight excluding hydrogens is 230 g/mol. The minimum absolute atomic E-state index is 0.0397. The number of nitrogens with one attached hydrogen (secondary N) is 3. The summed E-state index contributed by atoms with van der Waals surface area (Å²) in [6.45, 7) is 3.21. The van der Waals surface area contributed by atoms with Crippen LogP contribution in [0.15, 0.2) is 4.99 Å². The van der Waals surface area contributed by atoms with Crippen molar-refractivity contribution in [3.8, 4) is 0 Å². The smallest absolute Gasteiger partial charge is 0.221 e. The van der Waals surface area contributed by atoms with Crippen molar-refractivity contribution >= 4 is 11.9 Å². The first kappa shape index (κ1) is 14.8. The molecule has 18 heavy (non-hydrogen) atoms. The quantitative estimate of drug-likeness (QED) is 0.237. The van der Waals surface area contributed by atoms with Gasteiger partial charge in [-0.2, -0.15) is 0 Å². The van der Waals surface area contributed by atoms with Crippen LogP contribution in [0, 0.1) is 0 Å². The maximum absolute atomic E-state index is 11.4. The number of aliphatic imine (C=N–C) groups is 1. The van der Waals surface area contributed by atoms with E-state index in [1.165, 1.54) is 12.8 Å². The summed E-state index contributed by atoms with van der Waals surface area (Å²) in [5.41, 5.74) is 2.55. The van der Waals surface area contributed by atoms with Crippen LogP contribution >= 0.6 is 0 Å². The van der Waals surface area contributed by atoms with Crippen LogP contribution in [0.3, 0.4) is 0 Å². The van der Waals surface area contributed by atoms with Gasteiger partial charge in [-0.1, -0.05) is 19.8 Å². The summed E-state index contributed by atoms with van der Waals surface area (Å²) in [5.74, 6) is 6.03. The number of hydrazine groups is 1. The Morgan fingerprint density at radius 2 is 2.11 bits per heavy atom. The number of hydrogen-bond acceptors (Lipinski definition) is 3. The Morgan fingerprint density at radius 3 is 2.72 bits per heavy atom. The standard InChI is InChI=1S/C12H25N5O/c1-2-8-14-11(18)7-9-15-12(17-13)16-10-5-3-4-6-10/h10H,2-9,13H2,1H3,(H,14,18)(H2,15,16,17). The fraction of sp³-hybridized carbons (Fsp3) is 0.833. The lowest BCUT2D eigenvalue weighted by Gasteiger charge is -2.14. The highest BCUT2D eigenvalue weighted by Crippen LogP contribution is 2.17. The third kappa shape index (κ3) is 5.86. The molecule has 0 radical (unpaired) electrons. The predicted octanol–water partition coefficient (Wildman–Crippen LogP) is 0.254. The number of nitrogens with zero attached hydrogens (tertiary/aromatic N) is 1. The summed E-state index contributed by atoms with van der Waals surface area (Å²) in [6.07, 6.45) is 6.20. The average molecular weight is 255 g/mol. The summed E-state index contributed by atoms with van der Waals surface area (Å²) < 4.78 is 0. The molecule has 0 spiro atoms. The van der Waals surface area contributed by atoms with E-state index < -0.39 is 0 Å². The molecule has 1 fully saturated rings. The van der Waals surface area contributed by atoms with Crippen LogP contribution in [-0.4, -0.2) is 31.0 Å². The van der Waals surface area contributed by atoms with Gasteiger partial charge in [0.2, 0.25) is 11.9 Å². The van der Waals surface area contributed by atoms with Crippen LogP contribution in [0.25, 0.3) is 0 Å². The van der Waals surface area contributed by atoms with Gasteiger partial charge < -0.3 is 10.6 Å². The van der Waals surface area contributed by atoms with Gasteiger partial charge in [-0.05, 0) is 19.3 Å². The van der Waals surface area contributed by atoms with Crippen molar-refractivity contribution in [3.05, 3.63) is 0 Å². The Morgan fingerprint density at radius 1 is 1.39 bits per heavy atom. The Labute approximate surface area is 109 Å². The zero-order valence-corrected chi connectivity index (χ0v) is 11.2. The molecule has 0 bridgehead atoms. The monoisotopic (exact) mass is 255 g/mol. The lowest BCUT2D eigenvalue weighted by atomic mass is 10.2. The van der Waals surface area contributed by atoms with Gasteiger partial charge in [0, 0.05) is 19.0 Å². The Bertz CT molecular complexity index is 274. The van der Waals surface area contributed by atoms with Crippen LogP contribution in [0.1, 0.15) is 45.4 Å². The Balaban J connectivity index is 2.22. The molecule has 0 heterocycles. The number of hydrogen-bond donors (Lipinski definition) is 4. The molecule has 1 saturated carbocycles. The van der Waals surface area contributed by atoms with Gasteiger partial charge in [0.05, 0.1) is 6.54 Å². The van der Waals surface area contributed by atoms with Crippen LogP contribution in [0.2, 0.25) is 0 Å². The molecule has 1 aliphatic rings. The fourth-order valence-electron chi connectivity index (χ4n) is 2.02. The number of guanidine groups is 1. The maximum atomic E-state index is 11.4. The minimum atomic E-state index is 0.0397. The number of rotatable bonds is 6. The van der Waals surface area contributed by atoms with Gasteiger partial charge in [-0.3, -0.25) is 15.2 Å². The van der Waals surface area contributed by atoms with E-state index in [0.717, 1.165) is 25.8 Å². The second-order valence-electron chi connectivity index (χ2n) is 4.60. The lowest BCUT2D eigenvalue weighted by molar-refractivity contribution is -0.120. The first-order chi connectivity index (χ1) is 8.76. The number of amides is 1. The predicted molar refractivity (Wildman–Crippen MR) is 72.9 cm³/mol. The molecule has 1 rings (SSSR count). The third-order valence-corrected chi connectivity index (χ3v) is 3.01. The summed E-state index contributed by atoms with van der Waals surface area (Å²) in [7, 11) is 0. The van der Waals surface area contributed by atoms with E-state index in [1.54, 1.807) is 0 Å². The van der Waals surface area contributed by atoms with Crippen molar-refractivity contribution in [1.29, 1.82) is 0 Å². The zero-order chi connectivity index (χ0) is 13.2. The largest absolute Gasteiger partial charge is 0.356 e. The molecule has 0 unspecified atom stereocenters. The third-order valence-electron chi connectivity index (χ3n) is 3.01. The Kier molecular flexibility index (Phi) is 7.17.